The highest BCUT2D eigenvalue weighted by Gasteiger charge is 2.19. The lowest BCUT2D eigenvalue weighted by Gasteiger charge is -2.18. The third kappa shape index (κ3) is 55.1. The third-order valence-corrected chi connectivity index (χ3v) is 12.1. The first-order chi connectivity index (χ1) is 34.0. The van der Waals surface area contributed by atoms with Gasteiger partial charge in [-0.2, -0.15) is 0 Å². The van der Waals surface area contributed by atoms with Crippen LogP contribution in [-0.4, -0.2) is 37.2 Å². The van der Waals surface area contributed by atoms with Gasteiger partial charge >= 0.3 is 17.9 Å². The Labute approximate surface area is 426 Å². The van der Waals surface area contributed by atoms with Crippen molar-refractivity contribution in [3.8, 4) is 0 Å². The van der Waals surface area contributed by atoms with E-state index in [9.17, 15) is 14.4 Å². The highest BCUT2D eigenvalue weighted by molar-refractivity contribution is 5.71. The number of hydrogen-bond acceptors (Lipinski definition) is 6. The minimum absolute atomic E-state index is 0.0888. The minimum Gasteiger partial charge on any atom is -0.462 e. The van der Waals surface area contributed by atoms with Gasteiger partial charge in [0.05, 0.1) is 0 Å². The number of ether oxygens (including phenoxy) is 3. The maximum absolute atomic E-state index is 12.8. The molecule has 0 bridgehead atoms. The second-order valence-corrected chi connectivity index (χ2v) is 18.8. The van der Waals surface area contributed by atoms with Crippen LogP contribution in [-0.2, 0) is 28.6 Å². The fourth-order valence-electron chi connectivity index (χ4n) is 7.81. The summed E-state index contributed by atoms with van der Waals surface area (Å²) in [5, 5.41) is 0. The number of unbranched alkanes of at least 4 members (excludes halogenated alkanes) is 24. The molecule has 6 nitrogen and oxygen atoms in total. The molecule has 1 unspecified atom stereocenters. The SMILES string of the molecule is CC/C=C\C/C=C\C/C=C\C/C=C\C/C=C\C/C=C\C/C=C\C/C=C\CCCCC(=O)OCC(COC(=O)CCCCCCCCCC)OC(=O)CCCCCCCCCCCCCCCCCC. The number of allylic oxidation sites excluding steroid dienone is 16. The molecule has 0 heterocycles. The molecule has 6 heteroatoms. The Bertz CT molecular complexity index is 1380. The zero-order valence-electron chi connectivity index (χ0n) is 45.0. The largest absolute Gasteiger partial charge is 0.462 e. The molecule has 0 aromatic heterocycles. The molecule has 0 spiro atoms. The maximum atomic E-state index is 12.8. The van der Waals surface area contributed by atoms with Gasteiger partial charge in [0.25, 0.3) is 0 Å². The van der Waals surface area contributed by atoms with E-state index >= 15 is 0 Å². The van der Waals surface area contributed by atoms with Crippen LogP contribution in [0.1, 0.15) is 265 Å². The van der Waals surface area contributed by atoms with Crippen LogP contribution in [0.4, 0.5) is 0 Å². The summed E-state index contributed by atoms with van der Waals surface area (Å²) in [6, 6.07) is 0. The predicted molar refractivity (Wildman–Crippen MR) is 297 cm³/mol. The van der Waals surface area contributed by atoms with E-state index in [0.717, 1.165) is 109 Å². The topological polar surface area (TPSA) is 78.9 Å². The van der Waals surface area contributed by atoms with Gasteiger partial charge in [0.15, 0.2) is 6.10 Å². The lowest BCUT2D eigenvalue weighted by molar-refractivity contribution is -0.167. The lowest BCUT2D eigenvalue weighted by Crippen LogP contribution is -2.30. The smallest absolute Gasteiger partial charge is 0.306 e. The Kier molecular flexibility index (Phi) is 53.9. The van der Waals surface area contributed by atoms with Gasteiger partial charge in [-0.15, -0.1) is 0 Å². The van der Waals surface area contributed by atoms with E-state index in [1.54, 1.807) is 0 Å². The van der Waals surface area contributed by atoms with Crippen LogP contribution >= 0.6 is 0 Å². The Morgan fingerprint density at radius 3 is 0.884 bits per heavy atom. The Morgan fingerprint density at radius 2 is 0.565 bits per heavy atom. The summed E-state index contributed by atoms with van der Waals surface area (Å²) < 4.78 is 16.8. The molecular formula is C63H106O6. The van der Waals surface area contributed by atoms with Crippen LogP contribution < -0.4 is 0 Å². The molecule has 0 aliphatic rings. The molecular weight excluding hydrogens is 853 g/mol. The van der Waals surface area contributed by atoms with E-state index in [-0.39, 0.29) is 31.1 Å². The van der Waals surface area contributed by atoms with Crippen molar-refractivity contribution >= 4 is 17.9 Å². The summed E-state index contributed by atoms with van der Waals surface area (Å²) in [5.41, 5.74) is 0. The molecule has 0 radical (unpaired) electrons. The maximum Gasteiger partial charge on any atom is 0.306 e. The minimum atomic E-state index is -0.791. The fourth-order valence-corrected chi connectivity index (χ4v) is 7.81. The van der Waals surface area contributed by atoms with E-state index in [4.69, 9.17) is 14.2 Å². The van der Waals surface area contributed by atoms with E-state index in [1.165, 1.54) is 116 Å². The van der Waals surface area contributed by atoms with Crippen LogP contribution in [0.3, 0.4) is 0 Å². The molecule has 0 saturated carbocycles. The summed E-state index contributed by atoms with van der Waals surface area (Å²) in [6.07, 6.45) is 75.6. The third-order valence-electron chi connectivity index (χ3n) is 12.1. The van der Waals surface area contributed by atoms with Gasteiger partial charge < -0.3 is 14.2 Å². The van der Waals surface area contributed by atoms with Crippen molar-refractivity contribution in [2.75, 3.05) is 13.2 Å². The lowest BCUT2D eigenvalue weighted by atomic mass is 10.0. The van der Waals surface area contributed by atoms with Crippen molar-refractivity contribution in [2.24, 2.45) is 0 Å². The number of carbonyl (C=O) groups is 3. The van der Waals surface area contributed by atoms with Crippen LogP contribution in [0.5, 0.6) is 0 Å². The number of rotatable bonds is 51. The van der Waals surface area contributed by atoms with Crippen LogP contribution in [0, 0.1) is 0 Å². The van der Waals surface area contributed by atoms with Crippen molar-refractivity contribution in [3.63, 3.8) is 0 Å². The molecule has 0 aromatic rings. The fraction of sp³-hybridized carbons (Fsp3) is 0.698. The number of hydrogen-bond donors (Lipinski definition) is 0. The zero-order valence-corrected chi connectivity index (χ0v) is 45.0. The monoisotopic (exact) mass is 959 g/mol. The Hall–Kier alpha value is -3.67. The van der Waals surface area contributed by atoms with Crippen molar-refractivity contribution < 1.29 is 28.6 Å². The van der Waals surface area contributed by atoms with Crippen molar-refractivity contribution in [1.29, 1.82) is 0 Å². The summed E-state index contributed by atoms with van der Waals surface area (Å²) in [4.78, 5) is 38.0. The van der Waals surface area contributed by atoms with Gasteiger partial charge in [-0.05, 0) is 83.5 Å². The quantitative estimate of drug-likeness (QED) is 0.0262. The van der Waals surface area contributed by atoms with Gasteiger partial charge in [-0.3, -0.25) is 14.4 Å². The molecule has 0 fully saturated rings. The highest BCUT2D eigenvalue weighted by atomic mass is 16.6. The average molecular weight is 960 g/mol. The van der Waals surface area contributed by atoms with Gasteiger partial charge in [-0.25, -0.2) is 0 Å². The average Bonchev–Trinajstić information content (AvgIpc) is 3.35. The number of esters is 3. The van der Waals surface area contributed by atoms with Crippen molar-refractivity contribution in [3.05, 3.63) is 97.2 Å². The van der Waals surface area contributed by atoms with E-state index in [2.05, 4.69) is 118 Å². The summed E-state index contributed by atoms with van der Waals surface area (Å²) in [6.45, 7) is 6.47. The molecule has 0 amide bonds. The molecule has 1 atom stereocenters. The molecule has 0 N–H and O–H groups in total. The summed E-state index contributed by atoms with van der Waals surface area (Å²) in [7, 11) is 0. The predicted octanol–water partition coefficient (Wildman–Crippen LogP) is 19.3. The molecule has 0 rings (SSSR count). The van der Waals surface area contributed by atoms with Gasteiger partial charge in [0.1, 0.15) is 13.2 Å². The summed E-state index contributed by atoms with van der Waals surface area (Å²) in [5.74, 6) is -0.934. The zero-order chi connectivity index (χ0) is 50.0. The van der Waals surface area contributed by atoms with Crippen molar-refractivity contribution in [2.45, 2.75) is 271 Å². The van der Waals surface area contributed by atoms with Gasteiger partial charge in [-0.1, -0.05) is 259 Å². The van der Waals surface area contributed by atoms with E-state index < -0.39 is 6.10 Å². The highest BCUT2D eigenvalue weighted by Crippen LogP contribution is 2.15. The standard InChI is InChI=1S/C63H106O6/c1-4-7-10-13-16-19-21-23-25-27-28-29-30-31-32-33-34-35-36-37-39-40-42-44-47-50-53-56-62(65)68-59-60(58-67-61(64)55-52-49-46-18-15-12-9-6-3)69-63(66)57-54-51-48-45-43-41-38-26-24-22-20-17-14-11-8-5-2/h7,10,16,19,23,25,28-29,31-32,34-35,37,39,42,44,60H,4-6,8-9,11-15,17-18,20-22,24,26-27,30,33,36,38,40-41,43,45-59H2,1-3H3/b10-7-,19-16-,25-23-,29-28-,32-31-,35-34-,39-37-,44-42-. The molecule has 0 aromatic carbocycles. The Balaban J connectivity index is 4.31. The van der Waals surface area contributed by atoms with Gasteiger partial charge in [0.2, 0.25) is 0 Å². The first kappa shape index (κ1) is 65.3. The first-order valence-electron chi connectivity index (χ1n) is 28.7. The second kappa shape index (κ2) is 56.9. The second-order valence-electron chi connectivity index (χ2n) is 18.8. The molecule has 0 aliphatic heterocycles. The van der Waals surface area contributed by atoms with Gasteiger partial charge in [0, 0.05) is 19.3 Å². The first-order valence-corrected chi connectivity index (χ1v) is 28.7. The molecule has 69 heavy (non-hydrogen) atoms. The summed E-state index contributed by atoms with van der Waals surface area (Å²) >= 11 is 0. The Morgan fingerprint density at radius 1 is 0.304 bits per heavy atom. The van der Waals surface area contributed by atoms with E-state index in [1.807, 2.05) is 0 Å². The molecule has 0 saturated heterocycles. The number of carbonyl (C=O) groups excluding carboxylic acids is 3. The molecule has 0 aliphatic carbocycles. The molecule has 394 valence electrons. The van der Waals surface area contributed by atoms with Crippen LogP contribution in [0.15, 0.2) is 97.2 Å². The normalized spacial score (nSPS) is 12.8. The van der Waals surface area contributed by atoms with Crippen molar-refractivity contribution in [1.82, 2.24) is 0 Å². The van der Waals surface area contributed by atoms with Crippen LogP contribution in [0.2, 0.25) is 0 Å². The van der Waals surface area contributed by atoms with E-state index in [0.29, 0.717) is 19.3 Å². The van der Waals surface area contributed by atoms with Crippen LogP contribution in [0.25, 0.3) is 0 Å².